The highest BCUT2D eigenvalue weighted by Gasteiger charge is 2.39. The fourth-order valence-corrected chi connectivity index (χ4v) is 1.36. The van der Waals surface area contributed by atoms with E-state index in [2.05, 4.69) is 15.3 Å². The zero-order valence-corrected chi connectivity index (χ0v) is 9.21. The first-order valence-corrected chi connectivity index (χ1v) is 4.95. The molecule has 10 nitrogen and oxygen atoms in total. The number of carbonyl (C=O) groups excluding carboxylic acids is 4. The van der Waals surface area contributed by atoms with Crippen LogP contribution in [0.4, 0.5) is 10.5 Å². The molecule has 1 aliphatic rings. The maximum atomic E-state index is 11.7. The maximum Gasteiger partial charge on any atom is 0.328 e. The molecule has 1 saturated heterocycles. The van der Waals surface area contributed by atoms with Crippen LogP contribution in [0.15, 0.2) is 12.4 Å². The molecule has 0 saturated carbocycles. The van der Waals surface area contributed by atoms with Gasteiger partial charge in [-0.2, -0.15) is 0 Å². The van der Waals surface area contributed by atoms with Crippen LogP contribution in [0.1, 0.15) is 0 Å². The highest BCUT2D eigenvalue weighted by atomic mass is 16.3. The summed E-state index contributed by atoms with van der Waals surface area (Å²) in [4.78, 5) is 52.1. The lowest BCUT2D eigenvalue weighted by molar-refractivity contribution is -0.141. The van der Waals surface area contributed by atoms with Crippen molar-refractivity contribution in [3.05, 3.63) is 12.4 Å². The minimum atomic E-state index is -1.69. The van der Waals surface area contributed by atoms with Crippen LogP contribution >= 0.6 is 0 Å². The molecule has 98 valence electrons. The van der Waals surface area contributed by atoms with Gasteiger partial charge in [0.1, 0.15) is 0 Å². The van der Waals surface area contributed by atoms with Crippen molar-refractivity contribution >= 4 is 29.4 Å². The summed E-state index contributed by atoms with van der Waals surface area (Å²) in [6.45, 7) is 0. The number of hydrogen-bond acceptors (Lipinski definition) is 7. The van der Waals surface area contributed by atoms with Crippen LogP contribution in [-0.4, -0.2) is 38.8 Å². The number of aromatic hydroxyl groups is 1. The van der Waals surface area contributed by atoms with Gasteiger partial charge in [0.15, 0.2) is 5.92 Å². The normalized spacial score (nSPS) is 15.7. The van der Waals surface area contributed by atoms with Crippen LogP contribution in [-0.2, 0) is 14.4 Å². The lowest BCUT2D eigenvalue weighted by Crippen LogP contribution is -2.58. The monoisotopic (exact) mass is 265 g/mol. The largest absolute Gasteiger partial charge is 0.479 e. The third-order valence-electron chi connectivity index (χ3n) is 2.17. The highest BCUT2D eigenvalue weighted by Crippen LogP contribution is 2.10. The first kappa shape index (κ1) is 12.4. The van der Waals surface area contributed by atoms with Crippen molar-refractivity contribution in [3.8, 4) is 6.01 Å². The first-order valence-electron chi connectivity index (χ1n) is 4.95. The molecule has 10 heteroatoms. The molecule has 1 aromatic heterocycles. The smallest absolute Gasteiger partial charge is 0.328 e. The van der Waals surface area contributed by atoms with Gasteiger partial charge in [0, 0.05) is 0 Å². The fraction of sp³-hybridized carbons (Fsp3) is 0.111. The van der Waals surface area contributed by atoms with E-state index in [9.17, 15) is 19.2 Å². The van der Waals surface area contributed by atoms with Crippen LogP contribution in [0.25, 0.3) is 0 Å². The molecule has 0 spiro atoms. The molecule has 2 rings (SSSR count). The Morgan fingerprint density at radius 1 is 1.16 bits per heavy atom. The fourth-order valence-electron chi connectivity index (χ4n) is 1.36. The van der Waals surface area contributed by atoms with Crippen molar-refractivity contribution in [2.75, 3.05) is 5.32 Å². The lowest BCUT2D eigenvalue weighted by atomic mass is 10.1. The Morgan fingerprint density at radius 3 is 2.21 bits per heavy atom. The van der Waals surface area contributed by atoms with Gasteiger partial charge in [-0.25, -0.2) is 14.8 Å². The number of urea groups is 1. The van der Waals surface area contributed by atoms with E-state index < -0.39 is 35.7 Å². The summed E-state index contributed by atoms with van der Waals surface area (Å²) in [5.41, 5.74) is 0.0836. The van der Waals surface area contributed by atoms with Crippen LogP contribution in [0.2, 0.25) is 0 Å². The number of carbonyl (C=O) groups is 4. The molecular formula is C9H7N5O5. The second kappa shape index (κ2) is 4.68. The highest BCUT2D eigenvalue weighted by molar-refractivity contribution is 6.28. The summed E-state index contributed by atoms with van der Waals surface area (Å²) in [6.07, 6.45) is 2.17. The Kier molecular flexibility index (Phi) is 3.06. The zero-order valence-electron chi connectivity index (χ0n) is 9.21. The van der Waals surface area contributed by atoms with Gasteiger partial charge < -0.3 is 10.4 Å². The zero-order chi connectivity index (χ0) is 14.0. The third kappa shape index (κ3) is 2.62. The number of imide groups is 2. The summed E-state index contributed by atoms with van der Waals surface area (Å²) in [5.74, 6) is -4.68. The summed E-state index contributed by atoms with van der Waals surface area (Å²) in [7, 11) is 0. The molecule has 5 amide bonds. The SMILES string of the molecule is O=C1NC(=O)C(C(=O)Nc2cnc(O)nc2)C(=O)N1. The molecule has 0 unspecified atom stereocenters. The average Bonchev–Trinajstić information content (AvgIpc) is 2.30. The van der Waals surface area contributed by atoms with Gasteiger partial charge in [-0.15, -0.1) is 0 Å². The van der Waals surface area contributed by atoms with E-state index in [1.54, 1.807) is 10.6 Å². The second-order valence-corrected chi connectivity index (χ2v) is 3.50. The van der Waals surface area contributed by atoms with E-state index in [1.807, 2.05) is 0 Å². The summed E-state index contributed by atoms with van der Waals surface area (Å²) in [6, 6.07) is -1.47. The molecule has 19 heavy (non-hydrogen) atoms. The topological polar surface area (TPSA) is 150 Å². The molecular weight excluding hydrogens is 258 g/mol. The number of rotatable bonds is 2. The third-order valence-corrected chi connectivity index (χ3v) is 2.17. The number of amides is 5. The Bertz CT molecular complexity index is 549. The summed E-state index contributed by atoms with van der Waals surface area (Å²) < 4.78 is 0. The minimum absolute atomic E-state index is 0.0836. The Labute approximate surface area is 105 Å². The Hall–Kier alpha value is -3.04. The predicted octanol–water partition coefficient (Wildman–Crippen LogP) is -1.90. The van der Waals surface area contributed by atoms with Gasteiger partial charge in [-0.05, 0) is 0 Å². The van der Waals surface area contributed by atoms with Crippen molar-refractivity contribution in [3.63, 3.8) is 0 Å². The number of anilines is 1. The number of barbiturate groups is 1. The first-order chi connectivity index (χ1) is 8.97. The number of nitrogens with zero attached hydrogens (tertiary/aromatic N) is 2. The van der Waals surface area contributed by atoms with Crippen molar-refractivity contribution in [1.29, 1.82) is 0 Å². The summed E-state index contributed by atoms with van der Waals surface area (Å²) >= 11 is 0. The van der Waals surface area contributed by atoms with E-state index >= 15 is 0 Å². The van der Waals surface area contributed by atoms with Gasteiger partial charge in [0.05, 0.1) is 18.1 Å². The number of nitrogens with one attached hydrogen (secondary N) is 3. The van der Waals surface area contributed by atoms with Gasteiger partial charge in [-0.3, -0.25) is 25.0 Å². The van der Waals surface area contributed by atoms with Crippen LogP contribution < -0.4 is 16.0 Å². The van der Waals surface area contributed by atoms with Crippen molar-refractivity contribution in [1.82, 2.24) is 20.6 Å². The van der Waals surface area contributed by atoms with Crippen molar-refractivity contribution in [2.45, 2.75) is 0 Å². The van der Waals surface area contributed by atoms with E-state index in [0.717, 1.165) is 12.4 Å². The summed E-state index contributed by atoms with van der Waals surface area (Å²) in [5, 5.41) is 14.6. The van der Waals surface area contributed by atoms with E-state index in [4.69, 9.17) is 5.11 Å². The Morgan fingerprint density at radius 2 is 1.68 bits per heavy atom. The van der Waals surface area contributed by atoms with E-state index in [0.29, 0.717) is 0 Å². The van der Waals surface area contributed by atoms with E-state index in [1.165, 1.54) is 0 Å². The van der Waals surface area contributed by atoms with Gasteiger partial charge in [0.2, 0.25) is 17.7 Å². The van der Waals surface area contributed by atoms with E-state index in [-0.39, 0.29) is 5.69 Å². The Balaban J connectivity index is 2.11. The van der Waals surface area contributed by atoms with Gasteiger partial charge >= 0.3 is 12.0 Å². The number of aromatic nitrogens is 2. The van der Waals surface area contributed by atoms with Crippen LogP contribution in [0.5, 0.6) is 6.01 Å². The van der Waals surface area contributed by atoms with Gasteiger partial charge in [-0.1, -0.05) is 0 Å². The molecule has 1 aromatic rings. The lowest BCUT2D eigenvalue weighted by Gasteiger charge is -2.19. The standard InChI is InChI=1S/C9H7N5O5/c15-5(12-3-1-10-8(18)11-2-3)4-6(16)13-9(19)14-7(4)17/h1-2,4H,(H,12,15)(H,10,11,18)(H2,13,14,16,17,19). The maximum absolute atomic E-state index is 11.7. The molecule has 2 heterocycles. The molecule has 0 atom stereocenters. The second-order valence-electron chi connectivity index (χ2n) is 3.50. The van der Waals surface area contributed by atoms with Crippen molar-refractivity contribution in [2.24, 2.45) is 5.92 Å². The molecule has 1 fully saturated rings. The number of hydrogen-bond donors (Lipinski definition) is 4. The molecule has 4 N–H and O–H groups in total. The molecule has 0 aliphatic carbocycles. The van der Waals surface area contributed by atoms with Crippen LogP contribution in [0.3, 0.4) is 0 Å². The quantitative estimate of drug-likeness (QED) is 0.456. The molecule has 0 bridgehead atoms. The average molecular weight is 265 g/mol. The van der Waals surface area contributed by atoms with Gasteiger partial charge in [0.25, 0.3) is 0 Å². The van der Waals surface area contributed by atoms with Crippen molar-refractivity contribution < 1.29 is 24.3 Å². The predicted molar refractivity (Wildman–Crippen MR) is 57.5 cm³/mol. The minimum Gasteiger partial charge on any atom is -0.479 e. The molecule has 1 aliphatic heterocycles. The molecule has 0 radical (unpaired) electrons. The van der Waals surface area contributed by atoms with Crippen LogP contribution in [0, 0.1) is 5.92 Å². The molecule has 0 aromatic carbocycles.